The van der Waals surface area contributed by atoms with Crippen LogP contribution in [-0.4, -0.2) is 20.4 Å². The summed E-state index contributed by atoms with van der Waals surface area (Å²) < 4.78 is 28.2. The fraction of sp³-hybridized carbons (Fsp3) is 0.136. The number of sulfonamides is 1. The quantitative estimate of drug-likeness (QED) is 0.592. The van der Waals surface area contributed by atoms with Crippen molar-refractivity contribution in [3.63, 3.8) is 0 Å². The molecule has 1 atom stereocenters. The van der Waals surface area contributed by atoms with Crippen LogP contribution >= 0.6 is 11.6 Å². The lowest BCUT2D eigenvalue weighted by molar-refractivity contribution is -0.117. The minimum atomic E-state index is -3.87. The predicted octanol–water partition coefficient (Wildman–Crippen LogP) is 4.18. The maximum atomic E-state index is 12.9. The average Bonchev–Trinajstić information content (AvgIpc) is 2.70. The molecular weight excluding hydrogens is 408 g/mol. The van der Waals surface area contributed by atoms with Gasteiger partial charge in [0.1, 0.15) is 6.04 Å². The number of amides is 1. The van der Waals surface area contributed by atoms with E-state index in [2.05, 4.69) is 10.0 Å². The maximum Gasteiger partial charge on any atom is 0.242 e. The summed E-state index contributed by atoms with van der Waals surface area (Å²) in [7, 11) is -3.87. The molecule has 1 amide bonds. The van der Waals surface area contributed by atoms with Crippen molar-refractivity contribution in [3.8, 4) is 0 Å². The van der Waals surface area contributed by atoms with Crippen LogP contribution in [0.5, 0.6) is 0 Å². The number of anilines is 1. The van der Waals surface area contributed by atoms with Crippen molar-refractivity contribution in [2.75, 3.05) is 5.32 Å². The summed E-state index contributed by atoms with van der Waals surface area (Å²) in [6.45, 7) is 1.88. The highest BCUT2D eigenvalue weighted by atomic mass is 35.5. The van der Waals surface area contributed by atoms with E-state index in [9.17, 15) is 13.2 Å². The zero-order chi connectivity index (χ0) is 20.9. The molecule has 0 fully saturated rings. The summed E-state index contributed by atoms with van der Waals surface area (Å²) in [5.41, 5.74) is 2.33. The highest BCUT2D eigenvalue weighted by molar-refractivity contribution is 7.89. The number of hydrogen-bond acceptors (Lipinski definition) is 3. The molecule has 29 heavy (non-hydrogen) atoms. The van der Waals surface area contributed by atoms with Crippen LogP contribution < -0.4 is 10.0 Å². The van der Waals surface area contributed by atoms with Gasteiger partial charge >= 0.3 is 0 Å². The van der Waals surface area contributed by atoms with Crippen LogP contribution in [-0.2, 0) is 21.2 Å². The lowest BCUT2D eigenvalue weighted by Crippen LogP contribution is -2.45. The molecule has 150 valence electrons. The molecule has 0 aliphatic heterocycles. The average molecular weight is 429 g/mol. The topological polar surface area (TPSA) is 75.3 Å². The predicted molar refractivity (Wildman–Crippen MR) is 116 cm³/mol. The van der Waals surface area contributed by atoms with Gasteiger partial charge in [0, 0.05) is 10.7 Å². The Morgan fingerprint density at radius 2 is 1.55 bits per heavy atom. The fourth-order valence-electron chi connectivity index (χ4n) is 2.77. The summed E-state index contributed by atoms with van der Waals surface area (Å²) in [6.07, 6.45) is 0.214. The van der Waals surface area contributed by atoms with E-state index in [1.807, 2.05) is 37.3 Å². The lowest BCUT2D eigenvalue weighted by atomic mass is 10.1. The molecule has 0 bridgehead atoms. The van der Waals surface area contributed by atoms with Crippen LogP contribution in [0.1, 0.15) is 11.1 Å². The van der Waals surface area contributed by atoms with Crippen LogP contribution in [0, 0.1) is 6.92 Å². The van der Waals surface area contributed by atoms with Gasteiger partial charge in [-0.1, -0.05) is 59.6 Å². The monoisotopic (exact) mass is 428 g/mol. The van der Waals surface area contributed by atoms with Crippen LogP contribution in [0.3, 0.4) is 0 Å². The van der Waals surface area contributed by atoms with Crippen LogP contribution in [0.15, 0.2) is 83.8 Å². The number of carbonyl (C=O) groups excluding carboxylic acids is 1. The standard InChI is InChI=1S/C22H21ClN2O3S/c1-16-7-13-20(14-8-16)29(27,28)25-21(15-17-5-3-2-4-6-17)22(26)24-19-11-9-18(23)10-12-19/h2-14,21,25H,15H2,1H3,(H,24,26). The Morgan fingerprint density at radius 3 is 2.17 bits per heavy atom. The molecule has 0 saturated heterocycles. The molecule has 1 unspecified atom stereocenters. The van der Waals surface area contributed by atoms with E-state index in [1.54, 1.807) is 36.4 Å². The fourth-order valence-corrected chi connectivity index (χ4v) is 4.09. The van der Waals surface area contributed by atoms with Gasteiger partial charge in [-0.3, -0.25) is 4.79 Å². The zero-order valence-corrected chi connectivity index (χ0v) is 17.4. The Balaban J connectivity index is 1.84. The van der Waals surface area contributed by atoms with Gasteiger partial charge in [-0.25, -0.2) is 8.42 Å². The molecule has 5 nitrogen and oxygen atoms in total. The van der Waals surface area contributed by atoms with Gasteiger partial charge in [-0.05, 0) is 55.3 Å². The second-order valence-electron chi connectivity index (χ2n) is 6.67. The highest BCUT2D eigenvalue weighted by Gasteiger charge is 2.26. The van der Waals surface area contributed by atoms with Crippen molar-refractivity contribution < 1.29 is 13.2 Å². The molecule has 0 spiro atoms. The van der Waals surface area contributed by atoms with Crippen molar-refractivity contribution in [2.45, 2.75) is 24.3 Å². The molecule has 0 saturated carbocycles. The molecule has 0 aliphatic rings. The summed E-state index contributed by atoms with van der Waals surface area (Å²) in [5.74, 6) is -0.452. The van der Waals surface area contributed by atoms with Gasteiger partial charge in [0.15, 0.2) is 0 Å². The number of rotatable bonds is 7. The lowest BCUT2D eigenvalue weighted by Gasteiger charge is -2.19. The number of carbonyl (C=O) groups is 1. The number of hydrogen-bond donors (Lipinski definition) is 2. The molecule has 3 aromatic rings. The van der Waals surface area contributed by atoms with Crippen LogP contribution in [0.2, 0.25) is 5.02 Å². The number of aryl methyl sites for hydroxylation is 1. The van der Waals surface area contributed by atoms with Gasteiger partial charge in [-0.15, -0.1) is 0 Å². The molecule has 3 rings (SSSR count). The van der Waals surface area contributed by atoms with Gasteiger partial charge in [0.05, 0.1) is 4.90 Å². The van der Waals surface area contributed by atoms with Crippen molar-refractivity contribution in [1.29, 1.82) is 0 Å². The largest absolute Gasteiger partial charge is 0.325 e. The molecule has 0 radical (unpaired) electrons. The Morgan fingerprint density at radius 1 is 0.931 bits per heavy atom. The Labute approximate surface area is 175 Å². The van der Waals surface area contributed by atoms with Crippen molar-refractivity contribution in [2.24, 2.45) is 0 Å². The van der Waals surface area contributed by atoms with E-state index >= 15 is 0 Å². The number of benzene rings is 3. The molecule has 0 aromatic heterocycles. The molecule has 7 heteroatoms. The van der Waals surface area contributed by atoms with Crippen LogP contribution in [0.25, 0.3) is 0 Å². The summed E-state index contributed by atoms with van der Waals surface area (Å²) >= 11 is 5.88. The van der Waals surface area contributed by atoms with E-state index in [0.29, 0.717) is 10.7 Å². The highest BCUT2D eigenvalue weighted by Crippen LogP contribution is 2.16. The van der Waals surface area contributed by atoms with Crippen LogP contribution in [0.4, 0.5) is 5.69 Å². The second-order valence-corrected chi connectivity index (χ2v) is 8.82. The van der Waals surface area contributed by atoms with Crippen molar-refractivity contribution in [3.05, 3.63) is 95.0 Å². The summed E-state index contributed by atoms with van der Waals surface area (Å²) in [6, 6.07) is 21.4. The first kappa shape index (κ1) is 21.0. The SMILES string of the molecule is Cc1ccc(S(=O)(=O)NC(Cc2ccccc2)C(=O)Nc2ccc(Cl)cc2)cc1. The smallest absolute Gasteiger partial charge is 0.242 e. The Hall–Kier alpha value is -2.67. The summed E-state index contributed by atoms with van der Waals surface area (Å²) in [4.78, 5) is 13.0. The van der Waals surface area contributed by atoms with E-state index in [0.717, 1.165) is 11.1 Å². The third-order valence-electron chi connectivity index (χ3n) is 4.34. The molecular formula is C22H21ClN2O3S. The van der Waals surface area contributed by atoms with Gasteiger partial charge in [0.25, 0.3) is 0 Å². The zero-order valence-electron chi connectivity index (χ0n) is 15.8. The first-order chi connectivity index (χ1) is 13.8. The summed E-state index contributed by atoms with van der Waals surface area (Å²) in [5, 5.41) is 3.29. The van der Waals surface area contributed by atoms with Gasteiger partial charge < -0.3 is 5.32 Å². The van der Waals surface area contributed by atoms with Crippen molar-refractivity contribution >= 4 is 33.2 Å². The molecule has 0 heterocycles. The molecule has 2 N–H and O–H groups in total. The molecule has 0 aliphatic carbocycles. The van der Waals surface area contributed by atoms with E-state index < -0.39 is 22.0 Å². The van der Waals surface area contributed by atoms with E-state index in [4.69, 9.17) is 11.6 Å². The Kier molecular flexibility index (Phi) is 6.69. The van der Waals surface area contributed by atoms with Gasteiger partial charge in [0.2, 0.25) is 15.9 Å². The number of halogens is 1. The third-order valence-corrected chi connectivity index (χ3v) is 6.08. The van der Waals surface area contributed by atoms with E-state index in [-0.39, 0.29) is 11.3 Å². The second kappa shape index (κ2) is 9.22. The maximum absolute atomic E-state index is 12.9. The van der Waals surface area contributed by atoms with Gasteiger partial charge in [-0.2, -0.15) is 4.72 Å². The number of nitrogens with one attached hydrogen (secondary N) is 2. The van der Waals surface area contributed by atoms with E-state index in [1.165, 1.54) is 12.1 Å². The third kappa shape index (κ3) is 5.90. The van der Waals surface area contributed by atoms with Crippen molar-refractivity contribution in [1.82, 2.24) is 4.72 Å². The minimum absolute atomic E-state index is 0.112. The molecule has 3 aromatic carbocycles. The minimum Gasteiger partial charge on any atom is -0.325 e. The Bertz CT molecular complexity index is 1070. The first-order valence-corrected chi connectivity index (χ1v) is 10.9. The normalized spacial score (nSPS) is 12.3. The first-order valence-electron chi connectivity index (χ1n) is 9.03.